The van der Waals surface area contributed by atoms with Crippen LogP contribution in [0.2, 0.25) is 0 Å². The molecule has 3 aromatic rings. The maximum absolute atomic E-state index is 13.4. The minimum Gasteiger partial charge on any atom is -0.481 e. The number of carbonyl (C=O) groups excluding carboxylic acids is 1. The minimum absolute atomic E-state index is 0.0269. The van der Waals surface area contributed by atoms with Crippen molar-refractivity contribution in [2.75, 3.05) is 25.2 Å². The molecule has 2 aromatic carbocycles. The number of carboxylic acids is 1. The molecule has 0 unspecified atom stereocenters. The summed E-state index contributed by atoms with van der Waals surface area (Å²) in [4.78, 5) is 31.6. The minimum atomic E-state index is -2.69. The van der Waals surface area contributed by atoms with Crippen molar-refractivity contribution in [1.29, 1.82) is 0 Å². The predicted octanol–water partition coefficient (Wildman–Crippen LogP) is 5.64. The molecule has 2 aliphatic heterocycles. The number of benzene rings is 2. The Balaban J connectivity index is 1.64. The van der Waals surface area contributed by atoms with Gasteiger partial charge in [0.05, 0.1) is 42.4 Å². The number of carboxylic acid groups (broad SMARTS) is 1. The smallest absolute Gasteiger partial charge is 0.414 e. The van der Waals surface area contributed by atoms with E-state index in [4.69, 9.17) is 14.5 Å². The number of carbonyl (C=O) groups is 2. The van der Waals surface area contributed by atoms with Gasteiger partial charge in [-0.3, -0.25) is 9.69 Å². The first-order valence-corrected chi connectivity index (χ1v) is 12.9. The van der Waals surface area contributed by atoms with E-state index in [0.29, 0.717) is 36.5 Å². The predicted molar refractivity (Wildman–Crippen MR) is 137 cm³/mol. The van der Waals surface area contributed by atoms with Crippen molar-refractivity contribution in [3.63, 3.8) is 0 Å². The van der Waals surface area contributed by atoms with Crippen LogP contribution >= 0.6 is 0 Å². The second-order valence-electron chi connectivity index (χ2n) is 9.99. The summed E-state index contributed by atoms with van der Waals surface area (Å²) in [6.45, 7) is 3.11. The summed E-state index contributed by atoms with van der Waals surface area (Å²) in [7, 11) is 1.35. The Labute approximate surface area is 219 Å². The van der Waals surface area contributed by atoms with Gasteiger partial charge < -0.3 is 19.1 Å². The molecule has 8 nitrogen and oxygen atoms in total. The quantitative estimate of drug-likeness (QED) is 0.446. The van der Waals surface area contributed by atoms with Gasteiger partial charge in [-0.1, -0.05) is 18.2 Å². The molecule has 1 aromatic heterocycles. The fourth-order valence-corrected chi connectivity index (χ4v) is 5.74. The molecule has 1 saturated heterocycles. The molecule has 2 aliphatic rings. The number of halogens is 2. The van der Waals surface area contributed by atoms with Crippen LogP contribution in [0.15, 0.2) is 36.4 Å². The summed E-state index contributed by atoms with van der Waals surface area (Å²) in [6, 6.07) is 9.32. The van der Waals surface area contributed by atoms with Crippen molar-refractivity contribution in [2.24, 2.45) is 0 Å². The number of fused-ring (bicyclic) bond motifs is 3. The second-order valence-corrected chi connectivity index (χ2v) is 9.99. The molecule has 1 N–H and O–H groups in total. The molecule has 10 heteroatoms. The van der Waals surface area contributed by atoms with Gasteiger partial charge in [-0.25, -0.2) is 18.6 Å². The van der Waals surface area contributed by atoms with E-state index in [0.717, 1.165) is 36.0 Å². The molecule has 202 valence electrons. The molecule has 0 radical (unpaired) electrons. The molecule has 0 spiro atoms. The third-order valence-electron chi connectivity index (χ3n) is 7.65. The zero-order chi connectivity index (χ0) is 27.0. The summed E-state index contributed by atoms with van der Waals surface area (Å²) in [5, 5.41) is 10.1. The van der Waals surface area contributed by atoms with Gasteiger partial charge in [0.25, 0.3) is 6.43 Å². The average Bonchev–Trinajstić information content (AvgIpc) is 3.30. The van der Waals surface area contributed by atoms with E-state index in [9.17, 15) is 23.5 Å². The van der Waals surface area contributed by atoms with E-state index >= 15 is 0 Å². The van der Waals surface area contributed by atoms with Gasteiger partial charge in [0.2, 0.25) is 0 Å². The van der Waals surface area contributed by atoms with Crippen LogP contribution in [-0.2, 0) is 27.1 Å². The van der Waals surface area contributed by atoms with Crippen LogP contribution in [0.1, 0.15) is 67.1 Å². The lowest BCUT2D eigenvalue weighted by Crippen LogP contribution is -2.42. The maximum atomic E-state index is 13.4. The molecule has 0 bridgehead atoms. The first-order chi connectivity index (χ1) is 18.3. The fraction of sp³-hybridized carbons (Fsp3) is 0.464. The molecule has 38 heavy (non-hydrogen) atoms. The number of nitrogens with zero attached hydrogens (tertiary/aromatic N) is 3. The third-order valence-corrected chi connectivity index (χ3v) is 7.65. The van der Waals surface area contributed by atoms with E-state index < -0.39 is 24.4 Å². The molecule has 0 aliphatic carbocycles. The monoisotopic (exact) mass is 527 g/mol. The number of aryl methyl sites for hydroxylation is 1. The largest absolute Gasteiger partial charge is 0.481 e. The Morgan fingerprint density at radius 3 is 2.68 bits per heavy atom. The van der Waals surface area contributed by atoms with Gasteiger partial charge in [0, 0.05) is 30.2 Å². The lowest BCUT2D eigenvalue weighted by molar-refractivity contribution is -0.138. The maximum Gasteiger partial charge on any atom is 0.414 e. The second kappa shape index (κ2) is 10.7. The summed E-state index contributed by atoms with van der Waals surface area (Å²) in [6.07, 6.45) is 0.0361. The highest BCUT2D eigenvalue weighted by Crippen LogP contribution is 2.39. The number of rotatable bonds is 6. The number of ether oxygens (including phenoxy) is 2. The summed E-state index contributed by atoms with van der Waals surface area (Å²) < 4.78 is 39.6. The van der Waals surface area contributed by atoms with Gasteiger partial charge in [-0.05, 0) is 56.4 Å². The van der Waals surface area contributed by atoms with Crippen molar-refractivity contribution in [1.82, 2.24) is 9.55 Å². The van der Waals surface area contributed by atoms with Gasteiger partial charge in [0.1, 0.15) is 5.82 Å². The number of hydrogen-bond acceptors (Lipinski definition) is 5. The lowest BCUT2D eigenvalue weighted by Gasteiger charge is -2.34. The Morgan fingerprint density at radius 2 is 2.00 bits per heavy atom. The highest BCUT2D eigenvalue weighted by atomic mass is 19.3. The molecule has 3 heterocycles. The Bertz CT molecular complexity index is 1350. The number of amides is 1. The topological polar surface area (TPSA) is 93.9 Å². The number of aromatic nitrogens is 2. The van der Waals surface area contributed by atoms with Crippen LogP contribution in [0.4, 0.5) is 19.3 Å². The van der Waals surface area contributed by atoms with E-state index in [1.807, 2.05) is 19.1 Å². The van der Waals surface area contributed by atoms with E-state index in [-0.39, 0.29) is 24.1 Å². The average molecular weight is 528 g/mol. The van der Waals surface area contributed by atoms with E-state index in [1.165, 1.54) is 25.3 Å². The zero-order valence-corrected chi connectivity index (χ0v) is 21.4. The van der Waals surface area contributed by atoms with Crippen LogP contribution < -0.4 is 4.90 Å². The molecule has 0 saturated carbocycles. The van der Waals surface area contributed by atoms with Gasteiger partial charge in [0.15, 0.2) is 0 Å². The highest BCUT2D eigenvalue weighted by molar-refractivity contribution is 5.95. The van der Waals surface area contributed by atoms with Crippen LogP contribution in [-0.4, -0.2) is 53.1 Å². The van der Waals surface area contributed by atoms with Crippen molar-refractivity contribution < 1.29 is 33.0 Å². The third kappa shape index (κ3) is 4.73. The molecule has 1 amide bonds. The highest BCUT2D eigenvalue weighted by Gasteiger charge is 2.33. The molecule has 3 atom stereocenters. The normalized spacial score (nSPS) is 20.4. The molecular weight excluding hydrogens is 496 g/mol. The van der Waals surface area contributed by atoms with Crippen molar-refractivity contribution >= 4 is 28.8 Å². The number of imidazole rings is 1. The van der Waals surface area contributed by atoms with Crippen molar-refractivity contribution in [3.05, 3.63) is 58.9 Å². The zero-order valence-electron chi connectivity index (χ0n) is 21.4. The van der Waals surface area contributed by atoms with E-state index in [1.54, 1.807) is 11.0 Å². The number of hydrogen-bond donors (Lipinski definition) is 1. The first kappa shape index (κ1) is 26.1. The Morgan fingerprint density at radius 1 is 1.21 bits per heavy atom. The fourth-order valence-electron chi connectivity index (χ4n) is 5.74. The lowest BCUT2D eigenvalue weighted by atomic mass is 9.93. The van der Waals surface area contributed by atoms with E-state index in [2.05, 4.69) is 4.57 Å². The van der Waals surface area contributed by atoms with Gasteiger partial charge >= 0.3 is 12.1 Å². The van der Waals surface area contributed by atoms with Crippen molar-refractivity contribution in [3.8, 4) is 0 Å². The van der Waals surface area contributed by atoms with Crippen LogP contribution in [0, 0.1) is 0 Å². The van der Waals surface area contributed by atoms with Crippen LogP contribution in [0.25, 0.3) is 11.0 Å². The SMILES string of the molecule is COC(=O)N1c2ccc3c(nc(C[C@H](C(=O)O)c4cccc(C(F)F)c4)n3[C@H]3CCCOC3)c2CC[C@@H]1C. The number of alkyl halides is 2. The van der Waals surface area contributed by atoms with Gasteiger partial charge in [-0.15, -0.1) is 0 Å². The van der Waals surface area contributed by atoms with Crippen LogP contribution in [0.5, 0.6) is 0 Å². The van der Waals surface area contributed by atoms with Crippen LogP contribution in [0.3, 0.4) is 0 Å². The molecule has 1 fully saturated rings. The Hall–Kier alpha value is -3.53. The number of anilines is 1. The molecule has 5 rings (SSSR count). The van der Waals surface area contributed by atoms with Gasteiger partial charge in [-0.2, -0.15) is 0 Å². The summed E-state index contributed by atoms with van der Waals surface area (Å²) >= 11 is 0. The molecular formula is C28H31F2N3O5. The number of methoxy groups -OCH3 is 1. The Kier molecular flexibility index (Phi) is 7.34. The first-order valence-electron chi connectivity index (χ1n) is 12.9. The standard InChI is InChI=1S/C28H31F2N3O5/c1-16-8-9-20-22(32(16)28(36)37-2)10-11-23-25(20)31-24(33(23)19-7-4-12-38-15-19)14-21(27(34)35)17-5-3-6-18(13-17)26(29)30/h3,5-6,10-11,13,16,19,21,26H,4,7-9,12,14-15H2,1-2H3,(H,34,35)/t16-,19-,21-/m0/s1. The number of aliphatic carboxylic acids is 1. The summed E-state index contributed by atoms with van der Waals surface area (Å²) in [5.74, 6) is -1.61. The summed E-state index contributed by atoms with van der Waals surface area (Å²) in [5.41, 5.74) is 3.30. The van der Waals surface area contributed by atoms with Crippen molar-refractivity contribution in [2.45, 2.75) is 63.5 Å².